The average molecular weight is 380 g/mol. The van der Waals surface area contributed by atoms with Crippen molar-refractivity contribution in [2.45, 2.75) is 0 Å². The molecule has 4 nitrogen and oxygen atoms in total. The molecule has 0 saturated carbocycles. The van der Waals surface area contributed by atoms with Gasteiger partial charge in [0.2, 0.25) is 5.75 Å². The molecule has 0 aliphatic rings. The second-order valence-corrected chi connectivity index (χ2v) is 6.75. The Morgan fingerprint density at radius 1 is 0.759 bits per heavy atom. The van der Waals surface area contributed by atoms with E-state index in [1.165, 1.54) is 0 Å². The molecule has 0 amide bonds. The summed E-state index contributed by atoms with van der Waals surface area (Å²) in [5.74, 6) is 0.814. The Morgan fingerprint density at radius 2 is 1.48 bits per heavy atom. The fraction of sp³-hybridized carbons (Fsp3) is 0. The first kappa shape index (κ1) is 17.1. The van der Waals surface area contributed by atoms with E-state index < -0.39 is 5.63 Å². The van der Waals surface area contributed by atoms with E-state index in [0.29, 0.717) is 16.9 Å². The Morgan fingerprint density at radius 3 is 2.31 bits per heavy atom. The molecule has 0 atom stereocenters. The fourth-order valence-corrected chi connectivity index (χ4v) is 3.49. The highest BCUT2D eigenvalue weighted by Crippen LogP contribution is 2.37. The summed E-state index contributed by atoms with van der Waals surface area (Å²) in [5, 5.41) is 12.5. The molecule has 0 fully saturated rings. The van der Waals surface area contributed by atoms with Gasteiger partial charge in [-0.15, -0.1) is 0 Å². The van der Waals surface area contributed by atoms with Gasteiger partial charge in [-0.2, -0.15) is 0 Å². The van der Waals surface area contributed by atoms with Crippen molar-refractivity contribution >= 4 is 21.7 Å². The SMILES string of the molecule is O=c1oc2ccccc2c(-c2ccc(O)cc2)c1Oc1ccc2ccccc2c1. The van der Waals surface area contributed by atoms with E-state index in [0.717, 1.165) is 21.7 Å². The van der Waals surface area contributed by atoms with Gasteiger partial charge in [-0.1, -0.05) is 60.7 Å². The zero-order valence-corrected chi connectivity index (χ0v) is 15.3. The third-order valence-electron chi connectivity index (χ3n) is 4.87. The number of phenols is 1. The van der Waals surface area contributed by atoms with Crippen LogP contribution in [0.3, 0.4) is 0 Å². The maximum Gasteiger partial charge on any atom is 0.380 e. The van der Waals surface area contributed by atoms with Gasteiger partial charge in [0.15, 0.2) is 0 Å². The summed E-state index contributed by atoms with van der Waals surface area (Å²) >= 11 is 0. The number of rotatable bonds is 3. The largest absolute Gasteiger partial charge is 0.508 e. The molecule has 1 aromatic heterocycles. The van der Waals surface area contributed by atoms with E-state index in [-0.39, 0.29) is 11.5 Å². The first-order valence-electron chi connectivity index (χ1n) is 9.21. The normalized spacial score (nSPS) is 11.0. The summed E-state index contributed by atoms with van der Waals surface area (Å²) < 4.78 is 11.6. The summed E-state index contributed by atoms with van der Waals surface area (Å²) in [6.45, 7) is 0. The summed E-state index contributed by atoms with van der Waals surface area (Å²) in [4.78, 5) is 12.8. The molecule has 1 N–H and O–H groups in total. The number of phenolic OH excluding ortho intramolecular Hbond substituents is 1. The molecule has 5 aromatic rings. The number of para-hydroxylation sites is 1. The highest BCUT2D eigenvalue weighted by atomic mass is 16.5. The van der Waals surface area contributed by atoms with E-state index >= 15 is 0 Å². The van der Waals surface area contributed by atoms with Crippen molar-refractivity contribution < 1.29 is 14.3 Å². The quantitative estimate of drug-likeness (QED) is 0.384. The molecule has 0 saturated heterocycles. The van der Waals surface area contributed by atoms with Crippen molar-refractivity contribution in [3.63, 3.8) is 0 Å². The minimum absolute atomic E-state index is 0.115. The predicted octanol–water partition coefficient (Wildman–Crippen LogP) is 6.11. The Bertz CT molecular complexity index is 1400. The van der Waals surface area contributed by atoms with Crippen LogP contribution in [0.5, 0.6) is 17.2 Å². The minimum Gasteiger partial charge on any atom is -0.508 e. The summed E-state index contributed by atoms with van der Waals surface area (Å²) in [6.07, 6.45) is 0. The summed E-state index contributed by atoms with van der Waals surface area (Å²) in [5.41, 5.74) is 1.30. The Kier molecular flexibility index (Phi) is 4.03. The first-order chi connectivity index (χ1) is 14.2. The van der Waals surface area contributed by atoms with E-state index in [2.05, 4.69) is 0 Å². The summed E-state index contributed by atoms with van der Waals surface area (Å²) in [6, 6.07) is 27.6. The van der Waals surface area contributed by atoms with Crippen molar-refractivity contribution in [3.05, 3.63) is 101 Å². The molecule has 1 heterocycles. The molecular formula is C25H16O4. The number of benzene rings is 4. The van der Waals surface area contributed by atoms with Gasteiger partial charge in [-0.25, -0.2) is 4.79 Å². The van der Waals surface area contributed by atoms with Crippen molar-refractivity contribution in [3.8, 4) is 28.4 Å². The van der Waals surface area contributed by atoms with E-state index in [1.807, 2.05) is 60.7 Å². The van der Waals surface area contributed by atoms with Gasteiger partial charge >= 0.3 is 5.63 Å². The predicted molar refractivity (Wildman–Crippen MR) is 114 cm³/mol. The molecule has 0 unspecified atom stereocenters. The molecular weight excluding hydrogens is 364 g/mol. The van der Waals surface area contributed by atoms with Crippen LogP contribution in [0.1, 0.15) is 0 Å². The van der Waals surface area contributed by atoms with Crippen LogP contribution in [-0.4, -0.2) is 5.11 Å². The van der Waals surface area contributed by atoms with Crippen LogP contribution >= 0.6 is 0 Å². The molecule has 140 valence electrons. The molecule has 4 heteroatoms. The standard InChI is InChI=1S/C25H16O4/c26-19-12-9-17(10-13-19)23-21-7-3-4-8-22(21)29-25(27)24(23)28-20-14-11-16-5-1-2-6-18(16)15-20/h1-15,26H. The van der Waals surface area contributed by atoms with E-state index in [9.17, 15) is 9.90 Å². The van der Waals surface area contributed by atoms with Crippen LogP contribution in [0.15, 0.2) is 100 Å². The lowest BCUT2D eigenvalue weighted by atomic mass is 10.0. The second kappa shape index (κ2) is 6.84. The van der Waals surface area contributed by atoms with Crippen molar-refractivity contribution in [1.29, 1.82) is 0 Å². The minimum atomic E-state index is -0.556. The Labute approximate surface area is 166 Å². The van der Waals surface area contributed by atoms with Crippen LogP contribution < -0.4 is 10.4 Å². The van der Waals surface area contributed by atoms with Gasteiger partial charge in [0.1, 0.15) is 17.1 Å². The van der Waals surface area contributed by atoms with Crippen LogP contribution in [0.4, 0.5) is 0 Å². The number of ether oxygens (including phenoxy) is 1. The molecule has 4 aromatic carbocycles. The average Bonchev–Trinajstić information content (AvgIpc) is 2.75. The van der Waals surface area contributed by atoms with Gasteiger partial charge in [0, 0.05) is 10.9 Å². The number of hydrogen-bond acceptors (Lipinski definition) is 4. The molecule has 5 rings (SSSR count). The molecule has 0 spiro atoms. The molecule has 0 bridgehead atoms. The highest BCUT2D eigenvalue weighted by Gasteiger charge is 2.18. The van der Waals surface area contributed by atoms with E-state index in [1.54, 1.807) is 30.3 Å². The Balaban J connectivity index is 1.73. The Hall–Kier alpha value is -4.05. The maximum atomic E-state index is 12.8. The van der Waals surface area contributed by atoms with Crippen LogP contribution in [-0.2, 0) is 0 Å². The number of aromatic hydroxyl groups is 1. The smallest absolute Gasteiger partial charge is 0.380 e. The third kappa shape index (κ3) is 3.11. The van der Waals surface area contributed by atoms with Crippen molar-refractivity contribution in [2.24, 2.45) is 0 Å². The third-order valence-corrected chi connectivity index (χ3v) is 4.87. The van der Waals surface area contributed by atoms with Crippen molar-refractivity contribution in [2.75, 3.05) is 0 Å². The lowest BCUT2D eigenvalue weighted by Gasteiger charge is -2.13. The van der Waals surface area contributed by atoms with Crippen molar-refractivity contribution in [1.82, 2.24) is 0 Å². The molecule has 0 radical (unpaired) electrons. The summed E-state index contributed by atoms with van der Waals surface area (Å²) in [7, 11) is 0. The van der Waals surface area contributed by atoms with Crippen LogP contribution in [0.25, 0.3) is 32.9 Å². The van der Waals surface area contributed by atoms with Crippen LogP contribution in [0, 0.1) is 0 Å². The van der Waals surface area contributed by atoms with Crippen LogP contribution in [0.2, 0.25) is 0 Å². The zero-order valence-electron chi connectivity index (χ0n) is 15.3. The van der Waals surface area contributed by atoms with Gasteiger partial charge in [0.05, 0.1) is 0 Å². The monoisotopic (exact) mass is 380 g/mol. The number of hydrogen-bond donors (Lipinski definition) is 1. The lowest BCUT2D eigenvalue weighted by Crippen LogP contribution is -2.06. The highest BCUT2D eigenvalue weighted by molar-refractivity contribution is 5.96. The molecule has 0 aliphatic carbocycles. The number of fused-ring (bicyclic) bond motifs is 2. The topological polar surface area (TPSA) is 59.7 Å². The lowest BCUT2D eigenvalue weighted by molar-refractivity contribution is 0.439. The fourth-order valence-electron chi connectivity index (χ4n) is 3.49. The van der Waals surface area contributed by atoms with E-state index in [4.69, 9.17) is 9.15 Å². The maximum absolute atomic E-state index is 12.8. The zero-order chi connectivity index (χ0) is 19.8. The van der Waals surface area contributed by atoms with Gasteiger partial charge in [-0.05, 0) is 46.7 Å². The van der Waals surface area contributed by atoms with Gasteiger partial charge in [0.25, 0.3) is 0 Å². The van der Waals surface area contributed by atoms with Gasteiger partial charge in [-0.3, -0.25) is 0 Å². The van der Waals surface area contributed by atoms with Gasteiger partial charge < -0.3 is 14.3 Å². The second-order valence-electron chi connectivity index (χ2n) is 6.75. The first-order valence-corrected chi connectivity index (χ1v) is 9.21. The molecule has 29 heavy (non-hydrogen) atoms. The molecule has 0 aliphatic heterocycles.